The number of nitrogens with one attached hydrogen (secondary N) is 1. The molecule has 2 heterocycles. The van der Waals surface area contributed by atoms with Gasteiger partial charge in [0.2, 0.25) is 0 Å². The molecular formula is C17H24N2O2. The first-order valence-electron chi connectivity index (χ1n) is 7.77. The Kier molecular flexibility index (Phi) is 4.00. The third-order valence-electron chi connectivity index (χ3n) is 4.89. The molecule has 0 spiro atoms. The lowest BCUT2D eigenvalue weighted by atomic mass is 9.82. The molecule has 0 bridgehead atoms. The van der Waals surface area contributed by atoms with Crippen LogP contribution in [0.15, 0.2) is 28.7 Å². The summed E-state index contributed by atoms with van der Waals surface area (Å²) in [5, 5.41) is 3.44. The van der Waals surface area contributed by atoms with Gasteiger partial charge in [-0.15, -0.1) is 0 Å². The van der Waals surface area contributed by atoms with E-state index in [9.17, 15) is 0 Å². The zero-order valence-corrected chi connectivity index (χ0v) is 13.2. The van der Waals surface area contributed by atoms with Crippen LogP contribution in [0.4, 0.5) is 0 Å². The maximum Gasteiger partial charge on any atom is 0.197 e. The number of benzene rings is 1. The molecule has 4 heteroatoms. The van der Waals surface area contributed by atoms with Crippen LogP contribution >= 0.6 is 0 Å². The summed E-state index contributed by atoms with van der Waals surface area (Å²) in [4.78, 5) is 4.59. The van der Waals surface area contributed by atoms with Gasteiger partial charge in [0.05, 0.1) is 12.2 Å². The highest BCUT2D eigenvalue weighted by Gasteiger charge is 2.41. The standard InChI is InChI=1S/C17H24N2O2/c1-10-11(2)20-12(3)17(10)14(18-4)9-16-19-13-7-5-6-8-15(13)21-16/h5-8,10-12,14,17-18H,9H2,1-4H3. The largest absolute Gasteiger partial charge is 0.441 e. The molecule has 1 aromatic heterocycles. The van der Waals surface area contributed by atoms with Crippen LogP contribution in [0.5, 0.6) is 0 Å². The zero-order chi connectivity index (χ0) is 15.0. The number of oxazole rings is 1. The van der Waals surface area contributed by atoms with Crippen LogP contribution in [-0.4, -0.2) is 30.3 Å². The van der Waals surface area contributed by atoms with Gasteiger partial charge in [-0.3, -0.25) is 0 Å². The zero-order valence-electron chi connectivity index (χ0n) is 13.2. The van der Waals surface area contributed by atoms with Crippen molar-refractivity contribution in [2.75, 3.05) is 7.05 Å². The van der Waals surface area contributed by atoms with E-state index in [0.717, 1.165) is 23.4 Å². The monoisotopic (exact) mass is 288 g/mol. The van der Waals surface area contributed by atoms with Gasteiger partial charge in [0.15, 0.2) is 11.5 Å². The van der Waals surface area contributed by atoms with E-state index >= 15 is 0 Å². The van der Waals surface area contributed by atoms with Crippen molar-refractivity contribution in [3.63, 3.8) is 0 Å². The number of aromatic nitrogens is 1. The van der Waals surface area contributed by atoms with Gasteiger partial charge in [0.25, 0.3) is 0 Å². The maximum atomic E-state index is 5.97. The number of ether oxygens (including phenoxy) is 1. The van der Waals surface area contributed by atoms with E-state index in [0.29, 0.717) is 24.0 Å². The molecule has 1 aromatic carbocycles. The van der Waals surface area contributed by atoms with Gasteiger partial charge in [0, 0.05) is 18.4 Å². The lowest BCUT2D eigenvalue weighted by Crippen LogP contribution is -2.41. The highest BCUT2D eigenvalue weighted by Crippen LogP contribution is 2.35. The van der Waals surface area contributed by atoms with Gasteiger partial charge in [-0.25, -0.2) is 4.98 Å². The fourth-order valence-corrected chi connectivity index (χ4v) is 3.61. The quantitative estimate of drug-likeness (QED) is 0.939. The third kappa shape index (κ3) is 2.70. The number of likely N-dealkylation sites (N-methyl/N-ethyl adjacent to an activating group) is 1. The number of rotatable bonds is 4. The molecule has 0 amide bonds. The Balaban J connectivity index is 1.80. The maximum absolute atomic E-state index is 5.97. The number of para-hydroxylation sites is 2. The highest BCUT2D eigenvalue weighted by atomic mass is 16.5. The average molecular weight is 288 g/mol. The van der Waals surface area contributed by atoms with Gasteiger partial charge in [-0.05, 0) is 38.9 Å². The SMILES string of the molecule is CNC(Cc1nc2ccccc2o1)C1C(C)OC(C)C1C. The average Bonchev–Trinajstić information content (AvgIpc) is 2.98. The van der Waals surface area contributed by atoms with Crippen molar-refractivity contribution < 1.29 is 9.15 Å². The van der Waals surface area contributed by atoms with Gasteiger partial charge in [-0.1, -0.05) is 19.1 Å². The fourth-order valence-electron chi connectivity index (χ4n) is 3.61. The van der Waals surface area contributed by atoms with E-state index in [-0.39, 0.29) is 6.10 Å². The Morgan fingerprint density at radius 2 is 1.95 bits per heavy atom. The Bertz CT molecular complexity index is 577. The molecule has 1 N–H and O–H groups in total. The van der Waals surface area contributed by atoms with Crippen LogP contribution in [0.3, 0.4) is 0 Å². The molecule has 2 aromatic rings. The second-order valence-electron chi connectivity index (χ2n) is 6.16. The predicted octanol–water partition coefficient (Wildman–Crippen LogP) is 3.02. The van der Waals surface area contributed by atoms with Crippen molar-refractivity contribution in [1.82, 2.24) is 10.3 Å². The van der Waals surface area contributed by atoms with Gasteiger partial charge in [-0.2, -0.15) is 0 Å². The lowest BCUT2D eigenvalue weighted by molar-refractivity contribution is 0.0477. The summed E-state index contributed by atoms with van der Waals surface area (Å²) in [6.45, 7) is 6.60. The summed E-state index contributed by atoms with van der Waals surface area (Å²) in [6.07, 6.45) is 1.36. The molecule has 0 aliphatic carbocycles. The molecular weight excluding hydrogens is 264 g/mol. The van der Waals surface area contributed by atoms with Crippen LogP contribution in [0.1, 0.15) is 26.7 Å². The Morgan fingerprint density at radius 1 is 1.19 bits per heavy atom. The lowest BCUT2D eigenvalue weighted by Gasteiger charge is -2.27. The summed E-state index contributed by atoms with van der Waals surface area (Å²) in [5.74, 6) is 1.80. The predicted molar refractivity (Wildman–Crippen MR) is 83.2 cm³/mol. The summed E-state index contributed by atoms with van der Waals surface area (Å²) in [7, 11) is 2.01. The van der Waals surface area contributed by atoms with Gasteiger partial charge in [0.1, 0.15) is 5.52 Å². The Hall–Kier alpha value is -1.39. The molecule has 114 valence electrons. The smallest absolute Gasteiger partial charge is 0.197 e. The number of hydrogen-bond donors (Lipinski definition) is 1. The first-order chi connectivity index (χ1) is 10.1. The molecule has 1 saturated heterocycles. The Morgan fingerprint density at radius 3 is 2.57 bits per heavy atom. The van der Waals surface area contributed by atoms with Gasteiger partial charge >= 0.3 is 0 Å². The second kappa shape index (κ2) is 5.78. The van der Waals surface area contributed by atoms with E-state index in [2.05, 4.69) is 31.1 Å². The minimum absolute atomic E-state index is 0.261. The van der Waals surface area contributed by atoms with Crippen molar-refractivity contribution in [2.45, 2.75) is 45.4 Å². The molecule has 1 fully saturated rings. The van der Waals surface area contributed by atoms with E-state index in [4.69, 9.17) is 9.15 Å². The molecule has 0 radical (unpaired) electrons. The molecule has 0 saturated carbocycles. The van der Waals surface area contributed by atoms with Crippen molar-refractivity contribution in [3.05, 3.63) is 30.2 Å². The third-order valence-corrected chi connectivity index (χ3v) is 4.89. The number of fused-ring (bicyclic) bond motifs is 1. The van der Waals surface area contributed by atoms with E-state index < -0.39 is 0 Å². The topological polar surface area (TPSA) is 47.3 Å². The van der Waals surface area contributed by atoms with Crippen LogP contribution < -0.4 is 5.32 Å². The van der Waals surface area contributed by atoms with E-state index in [1.165, 1.54) is 0 Å². The van der Waals surface area contributed by atoms with Crippen molar-refractivity contribution in [1.29, 1.82) is 0 Å². The molecule has 5 atom stereocenters. The molecule has 4 nitrogen and oxygen atoms in total. The van der Waals surface area contributed by atoms with Crippen molar-refractivity contribution >= 4 is 11.1 Å². The minimum Gasteiger partial charge on any atom is -0.441 e. The molecule has 5 unspecified atom stereocenters. The van der Waals surface area contributed by atoms with Crippen molar-refractivity contribution in [3.8, 4) is 0 Å². The van der Waals surface area contributed by atoms with Crippen molar-refractivity contribution in [2.24, 2.45) is 11.8 Å². The molecule has 21 heavy (non-hydrogen) atoms. The summed E-state index contributed by atoms with van der Waals surface area (Å²) >= 11 is 0. The molecule has 3 rings (SSSR count). The van der Waals surface area contributed by atoms with E-state index in [1.54, 1.807) is 0 Å². The molecule has 1 aliphatic heterocycles. The normalized spacial score (nSPS) is 30.9. The van der Waals surface area contributed by atoms with Crippen LogP contribution in [-0.2, 0) is 11.2 Å². The summed E-state index contributed by atoms with van der Waals surface area (Å²) < 4.78 is 11.8. The van der Waals surface area contributed by atoms with Crippen LogP contribution in [0.2, 0.25) is 0 Å². The van der Waals surface area contributed by atoms with Gasteiger partial charge < -0.3 is 14.5 Å². The first kappa shape index (κ1) is 14.5. The second-order valence-corrected chi connectivity index (χ2v) is 6.16. The first-order valence-corrected chi connectivity index (χ1v) is 7.77. The van der Waals surface area contributed by atoms with E-state index in [1.807, 2.05) is 31.3 Å². The minimum atomic E-state index is 0.261. The fraction of sp³-hybridized carbons (Fsp3) is 0.588. The molecule has 1 aliphatic rings. The number of nitrogens with zero attached hydrogens (tertiary/aromatic N) is 1. The highest BCUT2D eigenvalue weighted by molar-refractivity contribution is 5.72. The summed E-state index contributed by atoms with van der Waals surface area (Å²) in [5.41, 5.74) is 1.79. The Labute approximate surface area is 125 Å². The summed E-state index contributed by atoms with van der Waals surface area (Å²) in [6, 6.07) is 8.23. The van der Waals surface area contributed by atoms with Crippen LogP contribution in [0.25, 0.3) is 11.1 Å². The van der Waals surface area contributed by atoms with Crippen LogP contribution in [0, 0.1) is 11.8 Å². The number of hydrogen-bond acceptors (Lipinski definition) is 4.